The molecule has 1 N–H and O–H groups in total. The van der Waals surface area contributed by atoms with Crippen LogP contribution in [0.1, 0.15) is 23.1 Å². The zero-order chi connectivity index (χ0) is 11.7. The van der Waals surface area contributed by atoms with E-state index in [4.69, 9.17) is 0 Å². The van der Waals surface area contributed by atoms with Gasteiger partial charge in [0.05, 0.1) is 12.5 Å². The minimum absolute atomic E-state index is 0.0495. The largest absolute Gasteiger partial charge is 0.391 e. The molecule has 0 bridgehead atoms. The normalized spacial score (nSPS) is 20.6. The minimum atomic E-state index is -0.488. The maximum Gasteiger partial charge on any atom is 0.225 e. The Balaban J connectivity index is 2.15. The van der Waals surface area contributed by atoms with Crippen LogP contribution in [0.15, 0.2) is 18.2 Å². The zero-order valence-corrected chi connectivity index (χ0v) is 9.73. The van der Waals surface area contributed by atoms with Gasteiger partial charge in [-0.1, -0.05) is 23.8 Å². The standard InChI is InChI=1S/C13H17NO2/c1-9-3-4-10(2)11(5-9)7-14-8-12(15)6-13(14)16/h3-5,12,15H,6-8H2,1-2H3. The summed E-state index contributed by atoms with van der Waals surface area (Å²) in [5, 5.41) is 9.41. The van der Waals surface area contributed by atoms with Gasteiger partial charge in [-0.25, -0.2) is 0 Å². The number of aliphatic hydroxyl groups excluding tert-OH is 1. The van der Waals surface area contributed by atoms with Gasteiger partial charge in [-0.3, -0.25) is 4.79 Å². The smallest absolute Gasteiger partial charge is 0.225 e. The van der Waals surface area contributed by atoms with Crippen molar-refractivity contribution in [3.8, 4) is 0 Å². The van der Waals surface area contributed by atoms with Crippen LogP contribution in [-0.4, -0.2) is 28.6 Å². The molecule has 2 rings (SSSR count). The first-order valence-electron chi connectivity index (χ1n) is 5.58. The summed E-state index contributed by atoms with van der Waals surface area (Å²) in [4.78, 5) is 13.3. The molecule has 86 valence electrons. The number of nitrogens with zero attached hydrogens (tertiary/aromatic N) is 1. The molecule has 0 spiro atoms. The van der Waals surface area contributed by atoms with Crippen molar-refractivity contribution in [2.75, 3.05) is 6.54 Å². The Bertz CT molecular complexity index is 414. The van der Waals surface area contributed by atoms with Gasteiger partial charge in [0.1, 0.15) is 0 Å². The van der Waals surface area contributed by atoms with Crippen LogP contribution in [0.4, 0.5) is 0 Å². The van der Waals surface area contributed by atoms with Crippen LogP contribution in [-0.2, 0) is 11.3 Å². The van der Waals surface area contributed by atoms with Crippen molar-refractivity contribution in [1.82, 2.24) is 4.90 Å². The molecule has 3 nitrogen and oxygen atoms in total. The molecule has 1 aromatic carbocycles. The number of hydrogen-bond donors (Lipinski definition) is 1. The van der Waals surface area contributed by atoms with E-state index < -0.39 is 6.10 Å². The van der Waals surface area contributed by atoms with E-state index in [-0.39, 0.29) is 12.3 Å². The number of amides is 1. The molecule has 0 saturated carbocycles. The predicted octanol–water partition coefficient (Wildman–Crippen LogP) is 1.40. The first-order chi connectivity index (χ1) is 7.56. The summed E-state index contributed by atoms with van der Waals surface area (Å²) in [6.07, 6.45) is -0.220. The lowest BCUT2D eigenvalue weighted by molar-refractivity contribution is -0.128. The van der Waals surface area contributed by atoms with Gasteiger partial charge in [-0.15, -0.1) is 0 Å². The van der Waals surface area contributed by atoms with Gasteiger partial charge in [-0.2, -0.15) is 0 Å². The molecule has 1 aromatic rings. The van der Waals surface area contributed by atoms with E-state index in [2.05, 4.69) is 18.2 Å². The quantitative estimate of drug-likeness (QED) is 0.816. The van der Waals surface area contributed by atoms with E-state index >= 15 is 0 Å². The second-order valence-corrected chi connectivity index (χ2v) is 4.56. The lowest BCUT2D eigenvalue weighted by atomic mass is 10.1. The highest BCUT2D eigenvalue weighted by Gasteiger charge is 2.27. The first kappa shape index (κ1) is 11.1. The van der Waals surface area contributed by atoms with Gasteiger partial charge in [-0.05, 0) is 25.0 Å². The van der Waals surface area contributed by atoms with Crippen LogP contribution in [0.5, 0.6) is 0 Å². The second-order valence-electron chi connectivity index (χ2n) is 4.56. The number of hydrogen-bond acceptors (Lipinski definition) is 2. The van der Waals surface area contributed by atoms with E-state index in [1.54, 1.807) is 4.90 Å². The fraction of sp³-hybridized carbons (Fsp3) is 0.462. The maximum atomic E-state index is 11.6. The van der Waals surface area contributed by atoms with E-state index in [1.807, 2.05) is 13.8 Å². The molecule has 1 amide bonds. The van der Waals surface area contributed by atoms with E-state index in [9.17, 15) is 9.90 Å². The number of carbonyl (C=O) groups is 1. The van der Waals surface area contributed by atoms with Crippen molar-refractivity contribution in [3.05, 3.63) is 34.9 Å². The Hall–Kier alpha value is -1.35. The number of aryl methyl sites for hydroxylation is 2. The first-order valence-corrected chi connectivity index (χ1v) is 5.58. The topological polar surface area (TPSA) is 40.5 Å². The van der Waals surface area contributed by atoms with Crippen molar-refractivity contribution < 1.29 is 9.90 Å². The summed E-state index contributed by atoms with van der Waals surface area (Å²) in [6, 6.07) is 6.24. The Morgan fingerprint density at radius 3 is 2.81 bits per heavy atom. The van der Waals surface area contributed by atoms with Crippen LogP contribution in [0, 0.1) is 13.8 Å². The Kier molecular flexibility index (Phi) is 2.97. The number of likely N-dealkylation sites (tertiary alicyclic amines) is 1. The number of aliphatic hydroxyl groups is 1. The third-order valence-corrected chi connectivity index (χ3v) is 3.06. The molecule has 16 heavy (non-hydrogen) atoms. The summed E-state index contributed by atoms with van der Waals surface area (Å²) in [5.41, 5.74) is 3.56. The molecule has 1 aliphatic rings. The fourth-order valence-corrected chi connectivity index (χ4v) is 2.08. The highest BCUT2D eigenvalue weighted by atomic mass is 16.3. The van der Waals surface area contributed by atoms with Crippen molar-refractivity contribution in [2.24, 2.45) is 0 Å². The summed E-state index contributed by atoms with van der Waals surface area (Å²) < 4.78 is 0. The van der Waals surface area contributed by atoms with Crippen molar-refractivity contribution in [2.45, 2.75) is 32.9 Å². The number of rotatable bonds is 2. The zero-order valence-electron chi connectivity index (χ0n) is 9.73. The molecule has 0 radical (unpaired) electrons. The maximum absolute atomic E-state index is 11.6. The van der Waals surface area contributed by atoms with Gasteiger partial charge in [0.2, 0.25) is 5.91 Å². The van der Waals surface area contributed by atoms with Crippen LogP contribution < -0.4 is 0 Å². The molecule has 0 aliphatic carbocycles. The van der Waals surface area contributed by atoms with Crippen molar-refractivity contribution >= 4 is 5.91 Å². The number of benzene rings is 1. The van der Waals surface area contributed by atoms with Gasteiger partial charge in [0.15, 0.2) is 0 Å². The van der Waals surface area contributed by atoms with Crippen LogP contribution in [0.2, 0.25) is 0 Å². The monoisotopic (exact) mass is 219 g/mol. The summed E-state index contributed by atoms with van der Waals surface area (Å²) in [5.74, 6) is 0.0495. The van der Waals surface area contributed by atoms with E-state index in [0.717, 1.165) is 0 Å². The lowest BCUT2D eigenvalue weighted by Gasteiger charge is -2.17. The average molecular weight is 219 g/mol. The second kappa shape index (κ2) is 4.26. The summed E-state index contributed by atoms with van der Waals surface area (Å²) >= 11 is 0. The minimum Gasteiger partial charge on any atom is -0.391 e. The van der Waals surface area contributed by atoms with E-state index in [0.29, 0.717) is 13.1 Å². The highest BCUT2D eigenvalue weighted by molar-refractivity contribution is 5.79. The Morgan fingerprint density at radius 2 is 2.19 bits per heavy atom. The molecule has 1 heterocycles. The molecular formula is C13H17NO2. The number of β-amino-alcohol motifs (C(OH)–C–C–N with tert-alkyl or cyclic N) is 1. The van der Waals surface area contributed by atoms with Crippen molar-refractivity contribution in [1.29, 1.82) is 0 Å². The molecule has 3 heteroatoms. The molecule has 1 atom stereocenters. The molecule has 1 aliphatic heterocycles. The summed E-state index contributed by atoms with van der Waals surface area (Å²) in [6.45, 7) is 5.17. The molecule has 1 saturated heterocycles. The number of carbonyl (C=O) groups excluding carboxylic acids is 1. The highest BCUT2D eigenvalue weighted by Crippen LogP contribution is 2.18. The van der Waals surface area contributed by atoms with Crippen molar-refractivity contribution in [3.63, 3.8) is 0 Å². The molecular weight excluding hydrogens is 202 g/mol. The van der Waals surface area contributed by atoms with Gasteiger partial charge >= 0.3 is 0 Å². The molecule has 1 unspecified atom stereocenters. The predicted molar refractivity (Wildman–Crippen MR) is 62.0 cm³/mol. The SMILES string of the molecule is Cc1ccc(C)c(CN2CC(O)CC2=O)c1. The van der Waals surface area contributed by atoms with Gasteiger partial charge in [0, 0.05) is 13.1 Å². The fourth-order valence-electron chi connectivity index (χ4n) is 2.08. The Morgan fingerprint density at radius 1 is 1.44 bits per heavy atom. The van der Waals surface area contributed by atoms with Crippen LogP contribution >= 0.6 is 0 Å². The van der Waals surface area contributed by atoms with Crippen LogP contribution in [0.25, 0.3) is 0 Å². The van der Waals surface area contributed by atoms with E-state index in [1.165, 1.54) is 16.7 Å². The molecule has 0 aromatic heterocycles. The summed E-state index contributed by atoms with van der Waals surface area (Å²) in [7, 11) is 0. The average Bonchev–Trinajstić information content (AvgIpc) is 2.51. The Labute approximate surface area is 95.7 Å². The third kappa shape index (κ3) is 2.25. The third-order valence-electron chi connectivity index (χ3n) is 3.06. The molecule has 1 fully saturated rings. The van der Waals surface area contributed by atoms with Gasteiger partial charge < -0.3 is 10.0 Å². The van der Waals surface area contributed by atoms with Gasteiger partial charge in [0.25, 0.3) is 0 Å². The van der Waals surface area contributed by atoms with Crippen LogP contribution in [0.3, 0.4) is 0 Å². The lowest BCUT2D eigenvalue weighted by Crippen LogP contribution is -2.25.